The zero-order valence-corrected chi connectivity index (χ0v) is 13.0. The van der Waals surface area contributed by atoms with E-state index in [0.717, 1.165) is 31.4 Å². The zero-order chi connectivity index (χ0) is 15.1. The predicted molar refractivity (Wildman–Crippen MR) is 87.2 cm³/mol. The van der Waals surface area contributed by atoms with Crippen LogP contribution in [0.1, 0.15) is 36.9 Å². The van der Waals surface area contributed by atoms with Crippen LogP contribution in [0.5, 0.6) is 0 Å². The van der Waals surface area contributed by atoms with Gasteiger partial charge >= 0.3 is 0 Å². The maximum Gasteiger partial charge on any atom is 0.127 e. The van der Waals surface area contributed by atoms with Gasteiger partial charge in [0.2, 0.25) is 0 Å². The minimum Gasteiger partial charge on any atom is -0.310 e. The third-order valence-corrected chi connectivity index (χ3v) is 3.84. The van der Waals surface area contributed by atoms with Crippen molar-refractivity contribution in [3.8, 4) is 0 Å². The van der Waals surface area contributed by atoms with E-state index in [-0.39, 0.29) is 5.82 Å². The first-order chi connectivity index (χ1) is 10.2. The summed E-state index contributed by atoms with van der Waals surface area (Å²) in [4.78, 5) is 0. The first-order valence-corrected chi connectivity index (χ1v) is 7.80. The van der Waals surface area contributed by atoms with Gasteiger partial charge in [0.15, 0.2) is 0 Å². The van der Waals surface area contributed by atoms with E-state index in [1.807, 2.05) is 6.07 Å². The van der Waals surface area contributed by atoms with Crippen molar-refractivity contribution in [2.24, 2.45) is 0 Å². The highest BCUT2D eigenvalue weighted by atomic mass is 35.5. The second-order valence-electron chi connectivity index (χ2n) is 5.15. The quantitative estimate of drug-likeness (QED) is 0.745. The van der Waals surface area contributed by atoms with Crippen molar-refractivity contribution >= 4 is 11.6 Å². The van der Waals surface area contributed by atoms with E-state index in [1.165, 1.54) is 11.6 Å². The van der Waals surface area contributed by atoms with Gasteiger partial charge in [-0.3, -0.25) is 0 Å². The summed E-state index contributed by atoms with van der Waals surface area (Å²) < 4.78 is 13.7. The molecule has 0 amide bonds. The third kappa shape index (κ3) is 4.83. The molecule has 21 heavy (non-hydrogen) atoms. The van der Waals surface area contributed by atoms with Crippen LogP contribution in [0, 0.1) is 5.82 Å². The van der Waals surface area contributed by atoms with Gasteiger partial charge in [-0.25, -0.2) is 4.39 Å². The Labute approximate surface area is 131 Å². The first kappa shape index (κ1) is 16.0. The molecule has 1 unspecified atom stereocenters. The van der Waals surface area contributed by atoms with Crippen LogP contribution in [-0.4, -0.2) is 6.54 Å². The molecule has 0 radical (unpaired) electrons. The van der Waals surface area contributed by atoms with Gasteiger partial charge in [-0.05, 0) is 49.1 Å². The van der Waals surface area contributed by atoms with Crippen LogP contribution < -0.4 is 5.32 Å². The van der Waals surface area contributed by atoms with Crippen LogP contribution in [0.15, 0.2) is 48.5 Å². The van der Waals surface area contributed by atoms with Crippen molar-refractivity contribution in [2.75, 3.05) is 6.54 Å². The third-order valence-electron chi connectivity index (χ3n) is 3.61. The lowest BCUT2D eigenvalue weighted by atomic mass is 9.99. The minimum atomic E-state index is -0.206. The van der Waals surface area contributed by atoms with Crippen molar-refractivity contribution in [2.45, 2.75) is 32.2 Å². The van der Waals surface area contributed by atoms with Gasteiger partial charge in [0.1, 0.15) is 5.82 Å². The summed E-state index contributed by atoms with van der Waals surface area (Å²) in [5.41, 5.74) is 2.03. The van der Waals surface area contributed by atoms with Crippen molar-refractivity contribution in [3.05, 3.63) is 70.5 Å². The van der Waals surface area contributed by atoms with Crippen LogP contribution in [0.4, 0.5) is 4.39 Å². The molecule has 1 N–H and O–H groups in total. The minimum absolute atomic E-state index is 0.206. The van der Waals surface area contributed by atoms with E-state index in [4.69, 9.17) is 11.6 Å². The maximum atomic E-state index is 13.7. The molecule has 0 aliphatic carbocycles. The number of hydrogen-bond acceptors (Lipinski definition) is 1. The Bertz CT molecular complexity index is 556. The molecular formula is C18H21ClFN. The number of hydrogen-bond donors (Lipinski definition) is 1. The molecule has 0 spiro atoms. The second-order valence-corrected chi connectivity index (χ2v) is 5.59. The summed E-state index contributed by atoms with van der Waals surface area (Å²) in [6.07, 6.45) is 2.66. The molecule has 2 rings (SSSR count). The highest BCUT2D eigenvalue weighted by Crippen LogP contribution is 2.21. The van der Waals surface area contributed by atoms with Crippen LogP contribution in [0.2, 0.25) is 5.02 Å². The van der Waals surface area contributed by atoms with E-state index in [2.05, 4.69) is 36.5 Å². The molecule has 0 saturated carbocycles. The normalized spacial score (nSPS) is 12.3. The summed E-state index contributed by atoms with van der Waals surface area (Å²) in [6.45, 7) is 3.03. The standard InChI is InChI=1S/C18H21ClFN/c1-2-21-18(15-7-4-3-5-8-15)10-6-9-14-11-12-16(19)13-17(14)20/h3-5,7-8,11-13,18,21H,2,6,9-10H2,1H3. The Morgan fingerprint density at radius 3 is 2.57 bits per heavy atom. The van der Waals surface area contributed by atoms with E-state index in [1.54, 1.807) is 12.1 Å². The highest BCUT2D eigenvalue weighted by Gasteiger charge is 2.10. The topological polar surface area (TPSA) is 12.0 Å². The van der Waals surface area contributed by atoms with Gasteiger partial charge in [-0.15, -0.1) is 0 Å². The predicted octanol–water partition coefficient (Wildman–Crippen LogP) is 5.15. The number of rotatable bonds is 7. The average Bonchev–Trinajstić information content (AvgIpc) is 2.49. The second kappa shape index (κ2) is 8.16. The Morgan fingerprint density at radius 1 is 1.14 bits per heavy atom. The fourth-order valence-electron chi connectivity index (χ4n) is 2.54. The summed E-state index contributed by atoms with van der Waals surface area (Å²) >= 11 is 5.77. The lowest BCUT2D eigenvalue weighted by molar-refractivity contribution is 0.494. The summed E-state index contributed by atoms with van der Waals surface area (Å²) in [5, 5.41) is 3.94. The molecule has 2 aromatic rings. The molecule has 0 fully saturated rings. The van der Waals surface area contributed by atoms with Gasteiger partial charge in [-0.1, -0.05) is 54.9 Å². The van der Waals surface area contributed by atoms with Crippen LogP contribution >= 0.6 is 11.6 Å². The Hall–Kier alpha value is -1.38. The molecular weight excluding hydrogens is 285 g/mol. The highest BCUT2D eigenvalue weighted by molar-refractivity contribution is 6.30. The van der Waals surface area contributed by atoms with E-state index in [9.17, 15) is 4.39 Å². The maximum absolute atomic E-state index is 13.7. The van der Waals surface area contributed by atoms with E-state index < -0.39 is 0 Å². The molecule has 0 heterocycles. The number of benzene rings is 2. The molecule has 1 nitrogen and oxygen atoms in total. The fourth-order valence-corrected chi connectivity index (χ4v) is 2.70. The summed E-state index contributed by atoms with van der Waals surface area (Å²) in [7, 11) is 0. The molecule has 0 aliphatic heterocycles. The first-order valence-electron chi connectivity index (χ1n) is 7.43. The van der Waals surface area contributed by atoms with E-state index >= 15 is 0 Å². The largest absolute Gasteiger partial charge is 0.310 e. The number of halogens is 2. The molecule has 3 heteroatoms. The number of nitrogens with one attached hydrogen (secondary N) is 1. The van der Waals surface area contributed by atoms with E-state index in [0.29, 0.717) is 11.1 Å². The molecule has 1 atom stereocenters. The monoisotopic (exact) mass is 305 g/mol. The Morgan fingerprint density at radius 2 is 1.90 bits per heavy atom. The Balaban J connectivity index is 1.93. The molecule has 0 aromatic heterocycles. The summed E-state index contributed by atoms with van der Waals surface area (Å²) in [5.74, 6) is -0.206. The van der Waals surface area contributed by atoms with Crippen LogP contribution in [-0.2, 0) is 6.42 Å². The average molecular weight is 306 g/mol. The Kier molecular flexibility index (Phi) is 6.21. The summed E-state index contributed by atoms with van der Waals surface area (Å²) in [6, 6.07) is 15.6. The lowest BCUT2D eigenvalue weighted by Gasteiger charge is -2.18. The van der Waals surface area contributed by atoms with Crippen molar-refractivity contribution < 1.29 is 4.39 Å². The molecule has 112 valence electrons. The van der Waals surface area contributed by atoms with Gasteiger partial charge in [0, 0.05) is 11.1 Å². The molecule has 0 aliphatic rings. The van der Waals surface area contributed by atoms with Crippen molar-refractivity contribution in [1.29, 1.82) is 0 Å². The van der Waals surface area contributed by atoms with Crippen molar-refractivity contribution in [1.82, 2.24) is 5.32 Å². The lowest BCUT2D eigenvalue weighted by Crippen LogP contribution is -2.21. The fraction of sp³-hybridized carbons (Fsp3) is 0.333. The van der Waals surface area contributed by atoms with Gasteiger partial charge in [0.05, 0.1) is 0 Å². The van der Waals surface area contributed by atoms with Gasteiger partial charge in [-0.2, -0.15) is 0 Å². The number of aryl methyl sites for hydroxylation is 1. The smallest absolute Gasteiger partial charge is 0.127 e. The molecule has 0 saturated heterocycles. The van der Waals surface area contributed by atoms with Crippen molar-refractivity contribution in [3.63, 3.8) is 0 Å². The van der Waals surface area contributed by atoms with Gasteiger partial charge < -0.3 is 5.32 Å². The van der Waals surface area contributed by atoms with Crippen LogP contribution in [0.25, 0.3) is 0 Å². The molecule has 2 aromatic carbocycles. The SMILES string of the molecule is CCNC(CCCc1ccc(Cl)cc1F)c1ccccc1. The molecule has 0 bridgehead atoms. The zero-order valence-electron chi connectivity index (χ0n) is 12.3. The van der Waals surface area contributed by atoms with Crippen LogP contribution in [0.3, 0.4) is 0 Å². The van der Waals surface area contributed by atoms with Gasteiger partial charge in [0.25, 0.3) is 0 Å².